The van der Waals surface area contributed by atoms with Crippen molar-refractivity contribution in [3.8, 4) is 22.0 Å². The Hall–Kier alpha value is -2.99. The predicted octanol–water partition coefficient (Wildman–Crippen LogP) is 6.83. The minimum Gasteiger partial charge on any atom is -0.322 e. The second-order valence-electron chi connectivity index (χ2n) is 6.32. The maximum Gasteiger partial charge on any atom is 0.248 e. The van der Waals surface area contributed by atoms with E-state index in [1.54, 1.807) is 30.5 Å². The zero-order valence-electron chi connectivity index (χ0n) is 15.5. The smallest absolute Gasteiger partial charge is 0.248 e. The molecule has 0 bridgehead atoms. The fourth-order valence-electron chi connectivity index (χ4n) is 2.76. The lowest BCUT2D eigenvalue weighted by molar-refractivity contribution is -0.111. The van der Waals surface area contributed by atoms with Crippen molar-refractivity contribution in [1.29, 1.82) is 0 Å². The van der Waals surface area contributed by atoms with Gasteiger partial charge < -0.3 is 5.32 Å². The van der Waals surface area contributed by atoms with Gasteiger partial charge in [-0.1, -0.05) is 47.5 Å². The molecule has 1 N–H and O–H groups in total. The monoisotopic (exact) mass is 451 g/mol. The summed E-state index contributed by atoms with van der Waals surface area (Å²) in [7, 11) is 0. The van der Waals surface area contributed by atoms with Crippen LogP contribution in [-0.2, 0) is 4.79 Å². The van der Waals surface area contributed by atoms with Crippen LogP contribution in [0.4, 0.5) is 5.69 Å². The number of hydrogen-bond donors (Lipinski definition) is 1. The third-order valence-corrected chi connectivity index (χ3v) is 5.62. The molecule has 148 valence electrons. The molecule has 0 unspecified atom stereocenters. The molecule has 4 rings (SSSR count). The van der Waals surface area contributed by atoms with E-state index in [0.29, 0.717) is 15.7 Å². The molecule has 0 aliphatic rings. The maximum absolute atomic E-state index is 12.3. The van der Waals surface area contributed by atoms with Crippen LogP contribution in [-0.4, -0.2) is 15.9 Å². The molecule has 0 atom stereocenters. The fraction of sp³-hybridized carbons (Fsp3) is 0. The lowest BCUT2D eigenvalue weighted by atomic mass is 10.1. The van der Waals surface area contributed by atoms with E-state index in [1.807, 2.05) is 47.8 Å². The molecule has 0 saturated heterocycles. The molecule has 0 radical (unpaired) electrons. The summed E-state index contributed by atoms with van der Waals surface area (Å²) in [6, 6.07) is 18.4. The largest absolute Gasteiger partial charge is 0.322 e. The highest BCUT2D eigenvalue weighted by atomic mass is 35.5. The summed E-state index contributed by atoms with van der Waals surface area (Å²) in [5.74, 6) is -0.259. The quantitative estimate of drug-likeness (QED) is 0.338. The lowest BCUT2D eigenvalue weighted by Crippen LogP contribution is -2.07. The van der Waals surface area contributed by atoms with Gasteiger partial charge in [0.05, 0.1) is 11.4 Å². The molecule has 2 heterocycles. The second-order valence-corrected chi connectivity index (χ2v) is 8.02. The van der Waals surface area contributed by atoms with E-state index < -0.39 is 0 Å². The van der Waals surface area contributed by atoms with Crippen molar-refractivity contribution >= 4 is 52.2 Å². The predicted molar refractivity (Wildman–Crippen MR) is 125 cm³/mol. The summed E-state index contributed by atoms with van der Waals surface area (Å²) in [5.41, 5.74) is 3.98. The topological polar surface area (TPSA) is 54.9 Å². The van der Waals surface area contributed by atoms with Gasteiger partial charge in [-0.05, 0) is 48.0 Å². The molecule has 2 aromatic carbocycles. The van der Waals surface area contributed by atoms with Crippen molar-refractivity contribution in [3.63, 3.8) is 0 Å². The van der Waals surface area contributed by atoms with Crippen LogP contribution in [0.15, 0.2) is 78.3 Å². The number of rotatable bonds is 5. The molecule has 4 aromatic rings. The van der Waals surface area contributed by atoms with Crippen LogP contribution >= 0.6 is 34.5 Å². The van der Waals surface area contributed by atoms with Crippen LogP contribution in [0.5, 0.6) is 0 Å². The number of nitrogens with zero attached hydrogens (tertiary/aromatic N) is 2. The van der Waals surface area contributed by atoms with Crippen LogP contribution in [0.3, 0.4) is 0 Å². The molecule has 0 aliphatic heterocycles. The number of nitrogens with one attached hydrogen (secondary N) is 1. The maximum atomic E-state index is 12.3. The Morgan fingerprint density at radius 3 is 2.70 bits per heavy atom. The molecule has 1 amide bonds. The molecular weight excluding hydrogens is 437 g/mol. The van der Waals surface area contributed by atoms with Crippen molar-refractivity contribution < 1.29 is 4.79 Å². The number of hydrogen-bond acceptors (Lipinski definition) is 4. The Bertz CT molecular complexity index is 1220. The number of aromatic nitrogens is 2. The van der Waals surface area contributed by atoms with Gasteiger partial charge in [0.1, 0.15) is 5.01 Å². The van der Waals surface area contributed by atoms with Gasteiger partial charge in [-0.15, -0.1) is 11.3 Å². The van der Waals surface area contributed by atoms with Crippen molar-refractivity contribution in [2.24, 2.45) is 0 Å². The molecule has 0 aliphatic carbocycles. The zero-order valence-corrected chi connectivity index (χ0v) is 17.9. The van der Waals surface area contributed by atoms with Gasteiger partial charge in [0.2, 0.25) is 5.91 Å². The molecule has 0 spiro atoms. The van der Waals surface area contributed by atoms with E-state index in [1.165, 1.54) is 17.4 Å². The van der Waals surface area contributed by atoms with E-state index in [4.69, 9.17) is 23.2 Å². The van der Waals surface area contributed by atoms with Crippen molar-refractivity contribution in [2.75, 3.05) is 5.32 Å². The SMILES string of the molecule is O=C(/C=C/c1ccc(Cl)cc1Cl)Nc1cccc(-c2csc(-c3ccccn3)n2)c1. The summed E-state index contributed by atoms with van der Waals surface area (Å²) < 4.78 is 0. The standard InChI is InChI=1S/C23H15Cl2N3OS/c24-17-9-7-15(19(25)13-17)8-10-22(29)27-18-5-3-4-16(12-18)21-14-30-23(28-21)20-6-1-2-11-26-20/h1-14H,(H,27,29)/b10-8+. The number of carbonyl (C=O) groups is 1. The van der Waals surface area contributed by atoms with Crippen LogP contribution in [0, 0.1) is 0 Å². The normalized spacial score (nSPS) is 11.0. The van der Waals surface area contributed by atoms with Gasteiger partial charge in [-0.2, -0.15) is 0 Å². The van der Waals surface area contributed by atoms with E-state index >= 15 is 0 Å². The van der Waals surface area contributed by atoms with E-state index in [2.05, 4.69) is 15.3 Å². The zero-order chi connectivity index (χ0) is 20.9. The Kier molecular flexibility index (Phi) is 6.23. The highest BCUT2D eigenvalue weighted by molar-refractivity contribution is 7.13. The third-order valence-electron chi connectivity index (χ3n) is 4.19. The summed E-state index contributed by atoms with van der Waals surface area (Å²) in [6.45, 7) is 0. The van der Waals surface area contributed by atoms with Gasteiger partial charge >= 0.3 is 0 Å². The highest BCUT2D eigenvalue weighted by Crippen LogP contribution is 2.29. The van der Waals surface area contributed by atoms with Gasteiger partial charge in [0, 0.05) is 38.9 Å². The molecule has 2 aromatic heterocycles. The number of anilines is 1. The molecule has 0 saturated carbocycles. The first-order valence-electron chi connectivity index (χ1n) is 9.00. The minimum absolute atomic E-state index is 0.259. The summed E-state index contributed by atoms with van der Waals surface area (Å²) >= 11 is 13.6. The first kappa shape index (κ1) is 20.3. The third kappa shape index (κ3) is 4.94. The Morgan fingerprint density at radius 1 is 1.00 bits per heavy atom. The average Bonchev–Trinajstić information content (AvgIpc) is 3.24. The Labute approximate surface area is 187 Å². The summed E-state index contributed by atoms with van der Waals surface area (Å²) in [5, 5.41) is 6.72. The number of benzene rings is 2. The lowest BCUT2D eigenvalue weighted by Gasteiger charge is -2.05. The van der Waals surface area contributed by atoms with Crippen LogP contribution in [0.1, 0.15) is 5.56 Å². The summed E-state index contributed by atoms with van der Waals surface area (Å²) in [4.78, 5) is 21.3. The molecular formula is C23H15Cl2N3OS. The Morgan fingerprint density at radius 2 is 1.90 bits per heavy atom. The average molecular weight is 452 g/mol. The van der Waals surface area contributed by atoms with Crippen LogP contribution in [0.25, 0.3) is 28.0 Å². The molecule has 0 fully saturated rings. The Balaban J connectivity index is 1.48. The van der Waals surface area contributed by atoms with Crippen molar-refractivity contribution in [3.05, 3.63) is 93.9 Å². The highest BCUT2D eigenvalue weighted by Gasteiger charge is 2.08. The van der Waals surface area contributed by atoms with E-state index in [0.717, 1.165) is 27.5 Å². The van der Waals surface area contributed by atoms with Crippen molar-refractivity contribution in [2.45, 2.75) is 0 Å². The van der Waals surface area contributed by atoms with Gasteiger partial charge in [-0.25, -0.2) is 4.98 Å². The van der Waals surface area contributed by atoms with Crippen LogP contribution < -0.4 is 5.32 Å². The number of thiazole rings is 1. The minimum atomic E-state index is -0.259. The number of amides is 1. The second kappa shape index (κ2) is 9.22. The fourth-order valence-corrected chi connectivity index (χ4v) is 4.03. The molecule has 30 heavy (non-hydrogen) atoms. The number of pyridine rings is 1. The van der Waals surface area contributed by atoms with Gasteiger partial charge in [0.15, 0.2) is 0 Å². The van der Waals surface area contributed by atoms with E-state index in [-0.39, 0.29) is 5.91 Å². The van der Waals surface area contributed by atoms with Crippen LogP contribution in [0.2, 0.25) is 10.0 Å². The van der Waals surface area contributed by atoms with E-state index in [9.17, 15) is 4.79 Å². The molecule has 4 nitrogen and oxygen atoms in total. The van der Waals surface area contributed by atoms with Gasteiger partial charge in [0.25, 0.3) is 0 Å². The first-order valence-corrected chi connectivity index (χ1v) is 10.6. The molecule has 7 heteroatoms. The first-order chi connectivity index (χ1) is 14.6. The number of carbonyl (C=O) groups excluding carboxylic acids is 1. The van der Waals surface area contributed by atoms with Gasteiger partial charge in [-0.3, -0.25) is 9.78 Å². The number of halogens is 2. The summed E-state index contributed by atoms with van der Waals surface area (Å²) in [6.07, 6.45) is 4.83. The van der Waals surface area contributed by atoms with Crippen molar-refractivity contribution in [1.82, 2.24) is 9.97 Å².